The Kier molecular flexibility index (Phi) is 3.29. The monoisotopic (exact) mass is 267 g/mol. The van der Waals surface area contributed by atoms with Crippen LogP contribution in [0.25, 0.3) is 0 Å². The highest BCUT2D eigenvalue weighted by Crippen LogP contribution is 2.40. The SMILES string of the molecule is FC[C@@]1(c2ccccc2F)C[C@@H](C(F)(F)F)ON1. The summed E-state index contributed by atoms with van der Waals surface area (Å²) in [5.74, 6) is -0.769. The summed E-state index contributed by atoms with van der Waals surface area (Å²) >= 11 is 0. The minimum atomic E-state index is -4.62. The molecule has 1 N–H and O–H groups in total. The van der Waals surface area contributed by atoms with E-state index in [0.717, 1.165) is 6.07 Å². The molecular formula is C11H10F5NO. The molecule has 7 heteroatoms. The van der Waals surface area contributed by atoms with Crippen molar-refractivity contribution in [2.24, 2.45) is 0 Å². The molecule has 1 aliphatic heterocycles. The van der Waals surface area contributed by atoms with Gasteiger partial charge in [0.05, 0.1) is 0 Å². The molecule has 1 aromatic carbocycles. The minimum absolute atomic E-state index is 0.167. The molecule has 2 atom stereocenters. The Hall–Kier alpha value is -1.21. The maximum Gasteiger partial charge on any atom is 0.416 e. The van der Waals surface area contributed by atoms with E-state index in [0.29, 0.717) is 0 Å². The fraction of sp³-hybridized carbons (Fsp3) is 0.455. The van der Waals surface area contributed by atoms with Crippen molar-refractivity contribution < 1.29 is 26.8 Å². The van der Waals surface area contributed by atoms with Crippen molar-refractivity contribution in [1.82, 2.24) is 5.48 Å². The van der Waals surface area contributed by atoms with Crippen molar-refractivity contribution in [3.05, 3.63) is 35.6 Å². The van der Waals surface area contributed by atoms with Crippen LogP contribution in [-0.2, 0) is 10.4 Å². The van der Waals surface area contributed by atoms with Crippen molar-refractivity contribution in [3.63, 3.8) is 0 Å². The largest absolute Gasteiger partial charge is 0.416 e. The summed E-state index contributed by atoms with van der Waals surface area (Å²) in [6.45, 7) is -1.19. The van der Waals surface area contributed by atoms with E-state index >= 15 is 0 Å². The van der Waals surface area contributed by atoms with Gasteiger partial charge in [0.1, 0.15) is 18.0 Å². The lowest BCUT2D eigenvalue weighted by Gasteiger charge is -2.25. The topological polar surface area (TPSA) is 21.3 Å². The van der Waals surface area contributed by atoms with Gasteiger partial charge in [-0.3, -0.25) is 4.84 Å². The van der Waals surface area contributed by atoms with E-state index in [-0.39, 0.29) is 5.56 Å². The van der Waals surface area contributed by atoms with Crippen LogP contribution >= 0.6 is 0 Å². The van der Waals surface area contributed by atoms with E-state index in [1.807, 2.05) is 5.48 Å². The number of halogens is 5. The quantitative estimate of drug-likeness (QED) is 0.832. The Morgan fingerprint density at radius 2 is 2.00 bits per heavy atom. The summed E-state index contributed by atoms with van der Waals surface area (Å²) in [5.41, 5.74) is 0.0450. The molecular weight excluding hydrogens is 257 g/mol. The van der Waals surface area contributed by atoms with Crippen LogP contribution in [-0.4, -0.2) is 19.0 Å². The van der Waals surface area contributed by atoms with Crippen LogP contribution in [0.5, 0.6) is 0 Å². The van der Waals surface area contributed by atoms with E-state index in [1.165, 1.54) is 18.2 Å². The molecule has 0 spiro atoms. The first-order chi connectivity index (χ1) is 8.39. The summed E-state index contributed by atoms with van der Waals surface area (Å²) in [6.07, 6.45) is -7.46. The lowest BCUT2D eigenvalue weighted by atomic mass is 9.87. The molecule has 1 aliphatic rings. The zero-order valence-electron chi connectivity index (χ0n) is 9.10. The number of nitrogens with one attached hydrogen (secondary N) is 1. The molecule has 1 saturated heterocycles. The van der Waals surface area contributed by atoms with E-state index in [9.17, 15) is 22.0 Å². The standard InChI is InChI=1S/C11H10F5NO/c12-6-10(7-3-1-2-4-8(7)13)5-9(18-17-10)11(14,15)16/h1-4,9,17H,5-6H2/t9-,10+/m0/s1. The van der Waals surface area contributed by atoms with Gasteiger partial charge >= 0.3 is 6.18 Å². The van der Waals surface area contributed by atoms with Crippen molar-refractivity contribution in [2.45, 2.75) is 24.2 Å². The second-order valence-electron chi connectivity index (χ2n) is 4.15. The first-order valence-electron chi connectivity index (χ1n) is 5.19. The summed E-state index contributed by atoms with van der Waals surface area (Å²) in [5, 5.41) is 0. The van der Waals surface area contributed by atoms with Crippen molar-refractivity contribution in [1.29, 1.82) is 0 Å². The van der Waals surface area contributed by atoms with Gasteiger partial charge in [-0.1, -0.05) is 18.2 Å². The molecule has 0 aromatic heterocycles. The van der Waals surface area contributed by atoms with E-state index in [2.05, 4.69) is 4.84 Å². The van der Waals surface area contributed by atoms with E-state index in [1.54, 1.807) is 0 Å². The lowest BCUT2D eigenvalue weighted by molar-refractivity contribution is -0.219. The summed E-state index contributed by atoms with van der Waals surface area (Å²) < 4.78 is 64.1. The Bertz CT molecular complexity index is 436. The average molecular weight is 267 g/mol. The van der Waals surface area contributed by atoms with Gasteiger partial charge in [0.25, 0.3) is 0 Å². The number of hydrogen-bond donors (Lipinski definition) is 1. The highest BCUT2D eigenvalue weighted by atomic mass is 19.4. The third-order valence-corrected chi connectivity index (χ3v) is 2.91. The first-order valence-corrected chi connectivity index (χ1v) is 5.19. The molecule has 0 radical (unpaired) electrons. The molecule has 0 unspecified atom stereocenters. The van der Waals surface area contributed by atoms with E-state index < -0.39 is 36.7 Å². The molecule has 100 valence electrons. The van der Waals surface area contributed by atoms with Gasteiger partial charge in [-0.2, -0.15) is 18.7 Å². The third kappa shape index (κ3) is 2.20. The first kappa shape index (κ1) is 13.2. The Balaban J connectivity index is 2.32. The van der Waals surface area contributed by atoms with Gasteiger partial charge in [-0.05, 0) is 6.07 Å². The van der Waals surface area contributed by atoms with Gasteiger partial charge in [0.2, 0.25) is 0 Å². The van der Waals surface area contributed by atoms with Gasteiger partial charge in [-0.15, -0.1) is 0 Å². The molecule has 2 nitrogen and oxygen atoms in total. The lowest BCUT2D eigenvalue weighted by Crippen LogP contribution is -2.39. The Morgan fingerprint density at radius 1 is 1.33 bits per heavy atom. The van der Waals surface area contributed by atoms with Crippen LogP contribution in [0.2, 0.25) is 0 Å². The Morgan fingerprint density at radius 3 is 2.50 bits per heavy atom. The second-order valence-corrected chi connectivity index (χ2v) is 4.15. The van der Waals surface area contributed by atoms with Crippen LogP contribution < -0.4 is 5.48 Å². The molecule has 0 aliphatic carbocycles. The highest BCUT2D eigenvalue weighted by molar-refractivity contribution is 5.27. The second kappa shape index (κ2) is 4.47. The van der Waals surface area contributed by atoms with Gasteiger partial charge < -0.3 is 0 Å². The summed E-state index contributed by atoms with van der Waals surface area (Å²) in [4.78, 5) is 4.35. The number of hydroxylamine groups is 1. The van der Waals surface area contributed by atoms with Crippen molar-refractivity contribution >= 4 is 0 Å². The normalized spacial score (nSPS) is 28.6. The number of alkyl halides is 4. The Labute approximate surface area is 99.7 Å². The predicted molar refractivity (Wildman–Crippen MR) is 52.7 cm³/mol. The van der Waals surface area contributed by atoms with Crippen LogP contribution in [0.1, 0.15) is 12.0 Å². The third-order valence-electron chi connectivity index (χ3n) is 2.91. The number of benzene rings is 1. The van der Waals surface area contributed by atoms with Crippen LogP contribution in [0.3, 0.4) is 0 Å². The molecule has 0 saturated carbocycles. The highest BCUT2D eigenvalue weighted by Gasteiger charge is 2.53. The fourth-order valence-corrected chi connectivity index (χ4v) is 1.93. The van der Waals surface area contributed by atoms with Gasteiger partial charge in [0.15, 0.2) is 6.10 Å². The molecule has 1 fully saturated rings. The van der Waals surface area contributed by atoms with Crippen LogP contribution in [0.4, 0.5) is 22.0 Å². The summed E-state index contributed by atoms with van der Waals surface area (Å²) in [6, 6.07) is 5.11. The summed E-state index contributed by atoms with van der Waals surface area (Å²) in [7, 11) is 0. The zero-order valence-corrected chi connectivity index (χ0v) is 9.10. The number of rotatable bonds is 2. The maximum absolute atomic E-state index is 13.6. The maximum atomic E-state index is 13.6. The minimum Gasteiger partial charge on any atom is -0.288 e. The molecule has 1 aromatic rings. The molecule has 0 bridgehead atoms. The molecule has 1 heterocycles. The van der Waals surface area contributed by atoms with Gasteiger partial charge in [0, 0.05) is 12.0 Å². The van der Waals surface area contributed by atoms with Gasteiger partial charge in [-0.25, -0.2) is 8.78 Å². The van der Waals surface area contributed by atoms with Crippen molar-refractivity contribution in [3.8, 4) is 0 Å². The zero-order chi connectivity index (χ0) is 13.4. The predicted octanol–water partition coefficient (Wildman–Crippen LogP) is 2.85. The van der Waals surface area contributed by atoms with E-state index in [4.69, 9.17) is 0 Å². The molecule has 0 amide bonds. The van der Waals surface area contributed by atoms with Crippen LogP contribution in [0.15, 0.2) is 24.3 Å². The average Bonchev–Trinajstić information content (AvgIpc) is 2.75. The number of hydrogen-bond acceptors (Lipinski definition) is 2. The fourth-order valence-electron chi connectivity index (χ4n) is 1.93. The van der Waals surface area contributed by atoms with Crippen LogP contribution in [0, 0.1) is 5.82 Å². The molecule has 18 heavy (non-hydrogen) atoms. The smallest absolute Gasteiger partial charge is 0.288 e. The van der Waals surface area contributed by atoms with Crippen molar-refractivity contribution in [2.75, 3.05) is 6.67 Å². The molecule has 2 rings (SSSR count).